The molecule has 1 saturated heterocycles. The van der Waals surface area contributed by atoms with Crippen LogP contribution in [0.1, 0.15) is 85.2 Å². The molecule has 0 spiro atoms. The highest BCUT2D eigenvalue weighted by molar-refractivity contribution is 6.30. The summed E-state index contributed by atoms with van der Waals surface area (Å²) in [6, 6.07) is 25.7. The van der Waals surface area contributed by atoms with E-state index in [2.05, 4.69) is 34.5 Å². The number of carbonyl (C=O) groups is 1. The highest BCUT2D eigenvalue weighted by Gasteiger charge is 2.43. The molecule has 37 heavy (non-hydrogen) atoms. The SMILES string of the molecule is O=C(NC1CCC(CCN2C3CCC2c2ccccc23)CC1)C(c1ccc(Cl)cc1)c1ccc(Cl)cc1. The smallest absolute Gasteiger partial charge is 0.232 e. The van der Waals surface area contributed by atoms with Crippen LogP contribution in [0.4, 0.5) is 0 Å². The highest BCUT2D eigenvalue weighted by atomic mass is 35.5. The highest BCUT2D eigenvalue weighted by Crippen LogP contribution is 2.53. The number of benzene rings is 3. The zero-order valence-electron chi connectivity index (χ0n) is 21.1. The van der Waals surface area contributed by atoms with Crippen LogP contribution in [0.25, 0.3) is 0 Å². The van der Waals surface area contributed by atoms with Crippen LogP contribution in [0.5, 0.6) is 0 Å². The second kappa shape index (κ2) is 10.8. The Labute approximate surface area is 230 Å². The second-order valence-electron chi connectivity index (χ2n) is 11.0. The van der Waals surface area contributed by atoms with Gasteiger partial charge in [0.05, 0.1) is 5.92 Å². The van der Waals surface area contributed by atoms with Gasteiger partial charge in [0.25, 0.3) is 0 Å². The average molecular weight is 534 g/mol. The summed E-state index contributed by atoms with van der Waals surface area (Å²) in [4.78, 5) is 16.3. The van der Waals surface area contributed by atoms with Gasteiger partial charge in [-0.2, -0.15) is 0 Å². The molecule has 1 aliphatic carbocycles. The number of hydrogen-bond acceptors (Lipinski definition) is 2. The Hall–Kier alpha value is -2.33. The Balaban J connectivity index is 1.04. The van der Waals surface area contributed by atoms with E-state index in [0.29, 0.717) is 22.1 Å². The monoisotopic (exact) mass is 532 g/mol. The second-order valence-corrected chi connectivity index (χ2v) is 11.9. The fourth-order valence-corrected chi connectivity index (χ4v) is 7.23. The van der Waals surface area contributed by atoms with E-state index in [0.717, 1.165) is 29.9 Å². The van der Waals surface area contributed by atoms with E-state index in [1.54, 1.807) is 11.1 Å². The topological polar surface area (TPSA) is 32.3 Å². The van der Waals surface area contributed by atoms with E-state index in [-0.39, 0.29) is 17.9 Å². The number of halogens is 2. The zero-order valence-corrected chi connectivity index (χ0v) is 22.6. The van der Waals surface area contributed by atoms with E-state index in [1.807, 2.05) is 48.5 Å². The third-order valence-corrected chi connectivity index (χ3v) is 9.39. The number of nitrogens with one attached hydrogen (secondary N) is 1. The van der Waals surface area contributed by atoms with Crippen molar-refractivity contribution in [3.63, 3.8) is 0 Å². The number of carbonyl (C=O) groups excluding carboxylic acids is 1. The van der Waals surface area contributed by atoms with Crippen LogP contribution in [-0.4, -0.2) is 23.4 Å². The fraction of sp³-hybridized carbons (Fsp3) is 0.406. The van der Waals surface area contributed by atoms with Gasteiger partial charge in [-0.05, 0) is 104 Å². The molecule has 2 aliphatic heterocycles. The molecule has 192 valence electrons. The van der Waals surface area contributed by atoms with Gasteiger partial charge in [-0.25, -0.2) is 0 Å². The first kappa shape index (κ1) is 25.0. The predicted molar refractivity (Wildman–Crippen MR) is 151 cm³/mol. The third-order valence-electron chi connectivity index (χ3n) is 8.89. The first-order valence-corrected chi connectivity index (χ1v) is 14.5. The van der Waals surface area contributed by atoms with Crippen LogP contribution in [-0.2, 0) is 4.79 Å². The standard InChI is InChI=1S/C32H34Cl2N2O/c33-24-11-7-22(8-12-24)31(23-9-13-25(34)14-10-23)32(37)35-26-15-5-21(6-16-26)19-20-36-29-17-18-30(36)28-4-2-1-3-27(28)29/h1-4,7-14,21,26,29-31H,5-6,15-20H2,(H,35,37). The maximum absolute atomic E-state index is 13.6. The van der Waals surface area contributed by atoms with Crippen LogP contribution in [0.3, 0.4) is 0 Å². The minimum atomic E-state index is -0.375. The molecule has 0 radical (unpaired) electrons. The molecule has 3 nitrogen and oxygen atoms in total. The molecule has 0 aromatic heterocycles. The van der Waals surface area contributed by atoms with Crippen molar-refractivity contribution >= 4 is 29.1 Å². The molecule has 6 rings (SSSR count). The van der Waals surface area contributed by atoms with Gasteiger partial charge in [-0.1, -0.05) is 71.7 Å². The lowest BCUT2D eigenvalue weighted by Gasteiger charge is -2.32. The van der Waals surface area contributed by atoms with Crippen molar-refractivity contribution < 1.29 is 4.79 Å². The Morgan fingerprint density at radius 2 is 1.27 bits per heavy atom. The minimum absolute atomic E-state index is 0.0551. The maximum Gasteiger partial charge on any atom is 0.232 e. The van der Waals surface area contributed by atoms with Crippen molar-refractivity contribution in [1.82, 2.24) is 10.2 Å². The van der Waals surface area contributed by atoms with Crippen molar-refractivity contribution in [1.29, 1.82) is 0 Å². The van der Waals surface area contributed by atoms with Gasteiger partial charge in [0.2, 0.25) is 5.91 Å². The number of fused-ring (bicyclic) bond motifs is 5. The minimum Gasteiger partial charge on any atom is -0.353 e. The maximum atomic E-state index is 13.6. The zero-order chi connectivity index (χ0) is 25.4. The van der Waals surface area contributed by atoms with Gasteiger partial charge in [0.15, 0.2) is 0 Å². The quantitative estimate of drug-likeness (QED) is 0.333. The number of nitrogens with zero attached hydrogens (tertiary/aromatic N) is 1. The first-order chi connectivity index (χ1) is 18.1. The lowest BCUT2D eigenvalue weighted by atomic mass is 9.83. The Morgan fingerprint density at radius 3 is 1.78 bits per heavy atom. The molecule has 1 amide bonds. The van der Waals surface area contributed by atoms with E-state index in [4.69, 9.17) is 23.2 Å². The Morgan fingerprint density at radius 1 is 0.757 bits per heavy atom. The van der Waals surface area contributed by atoms with Gasteiger partial charge in [0.1, 0.15) is 0 Å². The third kappa shape index (κ3) is 5.19. The Kier molecular flexibility index (Phi) is 7.29. The fourth-order valence-electron chi connectivity index (χ4n) is 6.98. The van der Waals surface area contributed by atoms with E-state index in [1.165, 1.54) is 38.6 Å². The first-order valence-electron chi connectivity index (χ1n) is 13.7. The Bertz CT molecular complexity index is 1160. The van der Waals surface area contributed by atoms with E-state index < -0.39 is 0 Å². The summed E-state index contributed by atoms with van der Waals surface area (Å²) in [5.74, 6) is 0.429. The largest absolute Gasteiger partial charge is 0.353 e. The summed E-state index contributed by atoms with van der Waals surface area (Å²) in [6.45, 7) is 1.20. The number of rotatable bonds is 7. The van der Waals surface area contributed by atoms with Crippen LogP contribution < -0.4 is 5.32 Å². The van der Waals surface area contributed by atoms with Crippen molar-refractivity contribution in [2.75, 3.05) is 6.54 Å². The van der Waals surface area contributed by atoms with Gasteiger partial charge >= 0.3 is 0 Å². The number of hydrogen-bond donors (Lipinski definition) is 1. The molecule has 1 saturated carbocycles. The summed E-state index contributed by atoms with van der Waals surface area (Å²) < 4.78 is 0. The summed E-state index contributed by atoms with van der Waals surface area (Å²) in [6.07, 6.45) is 8.36. The molecule has 2 bridgehead atoms. The van der Waals surface area contributed by atoms with Crippen molar-refractivity contribution in [3.05, 3.63) is 105 Å². The molecular formula is C32H34Cl2N2O. The molecule has 3 aromatic carbocycles. The number of amides is 1. The van der Waals surface area contributed by atoms with Crippen molar-refractivity contribution in [3.8, 4) is 0 Å². The van der Waals surface area contributed by atoms with Gasteiger partial charge < -0.3 is 5.32 Å². The summed E-state index contributed by atoms with van der Waals surface area (Å²) in [7, 11) is 0. The molecule has 2 heterocycles. The summed E-state index contributed by atoms with van der Waals surface area (Å²) >= 11 is 12.2. The summed E-state index contributed by atoms with van der Waals surface area (Å²) in [5, 5.41) is 4.72. The lowest BCUT2D eigenvalue weighted by molar-refractivity contribution is -0.122. The van der Waals surface area contributed by atoms with Crippen LogP contribution in [0, 0.1) is 5.92 Å². The molecule has 5 heteroatoms. The van der Waals surface area contributed by atoms with Gasteiger partial charge in [-0.3, -0.25) is 9.69 Å². The van der Waals surface area contributed by atoms with Crippen LogP contribution >= 0.6 is 23.2 Å². The average Bonchev–Trinajstić information content (AvgIpc) is 3.47. The van der Waals surface area contributed by atoms with Crippen molar-refractivity contribution in [2.45, 2.75) is 69.0 Å². The predicted octanol–water partition coefficient (Wildman–Crippen LogP) is 8.08. The van der Waals surface area contributed by atoms with Crippen LogP contribution in [0.2, 0.25) is 10.0 Å². The van der Waals surface area contributed by atoms with Gasteiger partial charge in [0, 0.05) is 28.2 Å². The molecule has 2 atom stereocenters. The van der Waals surface area contributed by atoms with Gasteiger partial charge in [-0.15, -0.1) is 0 Å². The van der Waals surface area contributed by atoms with Crippen LogP contribution in [0.15, 0.2) is 72.8 Å². The molecular weight excluding hydrogens is 499 g/mol. The molecule has 2 unspecified atom stereocenters. The normalized spacial score (nSPS) is 24.8. The van der Waals surface area contributed by atoms with E-state index >= 15 is 0 Å². The molecule has 3 aliphatic rings. The van der Waals surface area contributed by atoms with Crippen molar-refractivity contribution in [2.24, 2.45) is 5.92 Å². The lowest BCUT2D eigenvalue weighted by Crippen LogP contribution is -2.40. The van der Waals surface area contributed by atoms with E-state index in [9.17, 15) is 4.79 Å². The molecule has 3 aromatic rings. The molecule has 2 fully saturated rings. The summed E-state index contributed by atoms with van der Waals surface area (Å²) in [5.41, 5.74) is 5.03. The molecule has 1 N–H and O–H groups in total.